The highest BCUT2D eigenvalue weighted by Crippen LogP contribution is 2.49. The Morgan fingerprint density at radius 3 is 1.76 bits per heavy atom. The van der Waals surface area contributed by atoms with Crippen molar-refractivity contribution in [3.63, 3.8) is 0 Å². The molecule has 0 N–H and O–H groups in total. The SMILES string of the molecule is [2H]c1c([2H])c([2H])c2c([2H])c(-c3c4c([2H])c([2H])c([2H])c([2H])c4c(-c4cc5ccccc5c5oc6c7ccccc7ccc6c45)c4c([2H])c([2H])c([2H])c([2H])c34)c([2H])c([2H])c2c1[2H]. The van der Waals surface area contributed by atoms with Crippen molar-refractivity contribution in [3.05, 3.63) is 157 Å². The van der Waals surface area contributed by atoms with Crippen molar-refractivity contribution in [2.24, 2.45) is 0 Å². The van der Waals surface area contributed by atoms with Crippen LogP contribution in [0.1, 0.15) is 20.6 Å². The van der Waals surface area contributed by atoms with Gasteiger partial charge in [-0.2, -0.15) is 0 Å². The first-order valence-corrected chi connectivity index (χ1v) is 14.3. The standard InChI is InChI=1S/C44H26O/c1-2-13-29-25-31(22-21-27(29)11-1)40-34-17-7-9-19-36(34)41(37-20-10-8-18-35(37)40)39-26-30-14-4-6-16-33(30)44-42(39)38-24-23-28-12-3-5-15-32(28)43(38)45-44/h1-26H/i1D,2D,7D,8D,9D,10D,11D,13D,17D,18D,19D,20D,21D,22D,25D. The van der Waals surface area contributed by atoms with Crippen LogP contribution in [0.2, 0.25) is 0 Å². The molecule has 10 aromatic rings. The molecule has 0 saturated heterocycles. The second kappa shape index (κ2) is 9.29. The molecule has 0 amide bonds. The zero-order valence-electron chi connectivity index (χ0n) is 38.3. The summed E-state index contributed by atoms with van der Waals surface area (Å²) >= 11 is 0. The Morgan fingerprint density at radius 2 is 1.02 bits per heavy atom. The Balaban J connectivity index is 1.55. The summed E-state index contributed by atoms with van der Waals surface area (Å²) in [4.78, 5) is 0. The third-order valence-corrected chi connectivity index (χ3v) is 8.50. The van der Waals surface area contributed by atoms with E-state index in [1.165, 1.54) is 0 Å². The van der Waals surface area contributed by atoms with E-state index in [2.05, 4.69) is 0 Å². The Bertz CT molecular complexity index is 3590. The summed E-state index contributed by atoms with van der Waals surface area (Å²) in [6.07, 6.45) is 0. The third-order valence-electron chi connectivity index (χ3n) is 8.50. The number of rotatable bonds is 2. The van der Waals surface area contributed by atoms with Gasteiger partial charge in [0.2, 0.25) is 0 Å². The Labute approximate surface area is 280 Å². The van der Waals surface area contributed by atoms with Gasteiger partial charge in [-0.3, -0.25) is 0 Å². The number of hydrogen-bond acceptors (Lipinski definition) is 1. The van der Waals surface area contributed by atoms with Crippen LogP contribution >= 0.6 is 0 Å². The van der Waals surface area contributed by atoms with Crippen molar-refractivity contribution in [1.82, 2.24) is 0 Å². The van der Waals surface area contributed by atoms with Crippen molar-refractivity contribution in [2.75, 3.05) is 0 Å². The maximum Gasteiger partial charge on any atom is 0.143 e. The summed E-state index contributed by atoms with van der Waals surface area (Å²) in [6, 6.07) is 10.5. The molecule has 9 aromatic carbocycles. The zero-order valence-corrected chi connectivity index (χ0v) is 23.3. The molecule has 0 aliphatic carbocycles. The summed E-state index contributed by atoms with van der Waals surface area (Å²) in [6.45, 7) is 0. The fraction of sp³-hybridized carbons (Fsp3) is 0. The van der Waals surface area contributed by atoms with Crippen molar-refractivity contribution < 1.29 is 25.0 Å². The summed E-state index contributed by atoms with van der Waals surface area (Å²) in [5, 5.41) is 2.33. The second-order valence-corrected chi connectivity index (χ2v) is 10.9. The molecule has 0 fully saturated rings. The first-order valence-electron chi connectivity index (χ1n) is 21.8. The number of furan rings is 1. The molecule has 0 aliphatic rings. The molecule has 0 radical (unpaired) electrons. The molecule has 208 valence electrons. The highest BCUT2D eigenvalue weighted by Gasteiger charge is 2.22. The van der Waals surface area contributed by atoms with Gasteiger partial charge in [-0.05, 0) is 83.5 Å². The van der Waals surface area contributed by atoms with Crippen LogP contribution in [0.25, 0.3) is 98.1 Å². The topological polar surface area (TPSA) is 13.1 Å². The van der Waals surface area contributed by atoms with Gasteiger partial charge in [0.05, 0.1) is 20.6 Å². The molecule has 0 aliphatic heterocycles. The van der Waals surface area contributed by atoms with Gasteiger partial charge < -0.3 is 4.42 Å². The van der Waals surface area contributed by atoms with E-state index in [0.29, 0.717) is 38.3 Å². The van der Waals surface area contributed by atoms with Crippen LogP contribution in [0, 0.1) is 0 Å². The average molecular weight is 586 g/mol. The Hall–Kier alpha value is -5.92. The lowest BCUT2D eigenvalue weighted by Crippen LogP contribution is -1.92. The van der Waals surface area contributed by atoms with Crippen molar-refractivity contribution in [2.45, 2.75) is 0 Å². The zero-order chi connectivity index (χ0) is 42.5. The minimum absolute atomic E-state index is 0.0150. The van der Waals surface area contributed by atoms with Gasteiger partial charge in [-0.15, -0.1) is 0 Å². The van der Waals surface area contributed by atoms with E-state index in [1.807, 2.05) is 60.7 Å². The lowest BCUT2D eigenvalue weighted by molar-refractivity contribution is 0.676. The maximum absolute atomic E-state index is 9.53. The van der Waals surface area contributed by atoms with E-state index in [-0.39, 0.29) is 32.7 Å². The smallest absolute Gasteiger partial charge is 0.143 e. The number of hydrogen-bond donors (Lipinski definition) is 0. The molecule has 1 nitrogen and oxygen atoms in total. The molecule has 0 saturated carbocycles. The summed E-state index contributed by atoms with van der Waals surface area (Å²) < 4.78 is 142. The largest absolute Gasteiger partial charge is 0.455 e. The van der Waals surface area contributed by atoms with Gasteiger partial charge in [-0.1, -0.05) is 139 Å². The van der Waals surface area contributed by atoms with Crippen LogP contribution < -0.4 is 0 Å². The van der Waals surface area contributed by atoms with Crippen molar-refractivity contribution in [3.8, 4) is 22.3 Å². The predicted molar refractivity (Wildman–Crippen MR) is 192 cm³/mol. The van der Waals surface area contributed by atoms with Crippen LogP contribution in [0.3, 0.4) is 0 Å². The minimum atomic E-state index is -0.742. The van der Waals surface area contributed by atoms with Gasteiger partial charge in [0, 0.05) is 21.5 Å². The number of fused-ring (bicyclic) bond motifs is 10. The van der Waals surface area contributed by atoms with Crippen LogP contribution in [0.4, 0.5) is 0 Å². The van der Waals surface area contributed by atoms with E-state index in [4.69, 9.17) is 16.8 Å². The minimum Gasteiger partial charge on any atom is -0.455 e. The molecule has 0 bridgehead atoms. The van der Waals surface area contributed by atoms with Crippen LogP contribution in [0.15, 0.2) is 162 Å². The lowest BCUT2D eigenvalue weighted by atomic mass is 9.84. The van der Waals surface area contributed by atoms with Gasteiger partial charge in [0.25, 0.3) is 0 Å². The molecular weight excluding hydrogens is 544 g/mol. The Kier molecular flexibility index (Phi) is 2.94. The highest BCUT2D eigenvalue weighted by atomic mass is 16.3. The molecule has 1 heterocycles. The Morgan fingerprint density at radius 1 is 0.422 bits per heavy atom. The first-order chi connectivity index (χ1) is 28.6. The predicted octanol–water partition coefficient (Wildman–Crippen LogP) is 12.7. The third kappa shape index (κ3) is 3.50. The summed E-state index contributed by atoms with van der Waals surface area (Å²) in [5.74, 6) is 0. The highest BCUT2D eigenvalue weighted by molar-refractivity contribution is 6.30. The molecule has 0 unspecified atom stereocenters. The van der Waals surface area contributed by atoms with Gasteiger partial charge in [0.1, 0.15) is 11.2 Å². The fourth-order valence-electron chi connectivity index (χ4n) is 6.59. The average Bonchev–Trinajstić information content (AvgIpc) is 3.66. The molecule has 1 heteroatoms. The van der Waals surface area contributed by atoms with Gasteiger partial charge >= 0.3 is 0 Å². The summed E-state index contributed by atoms with van der Waals surface area (Å²) in [5.41, 5.74) is 0.405. The van der Waals surface area contributed by atoms with Gasteiger partial charge in [0.15, 0.2) is 0 Å². The molecule has 1 aromatic heterocycles. The molecule has 0 spiro atoms. The first kappa shape index (κ1) is 14.2. The monoisotopic (exact) mass is 585 g/mol. The lowest BCUT2D eigenvalue weighted by Gasteiger charge is -2.19. The fourth-order valence-corrected chi connectivity index (χ4v) is 6.59. The second-order valence-electron chi connectivity index (χ2n) is 10.9. The van der Waals surface area contributed by atoms with E-state index in [9.17, 15) is 8.22 Å². The van der Waals surface area contributed by atoms with E-state index >= 15 is 0 Å². The molecule has 10 rings (SSSR count). The van der Waals surface area contributed by atoms with Crippen LogP contribution in [-0.4, -0.2) is 0 Å². The number of benzene rings is 9. The quantitative estimate of drug-likeness (QED) is 0.184. The van der Waals surface area contributed by atoms with E-state index in [0.717, 1.165) is 10.8 Å². The maximum atomic E-state index is 9.53. The van der Waals surface area contributed by atoms with E-state index < -0.39 is 107 Å². The van der Waals surface area contributed by atoms with E-state index in [1.54, 1.807) is 6.07 Å². The van der Waals surface area contributed by atoms with Crippen molar-refractivity contribution >= 4 is 75.8 Å². The normalized spacial score (nSPS) is 16.7. The molecule has 0 atom stereocenters. The van der Waals surface area contributed by atoms with Gasteiger partial charge in [-0.25, -0.2) is 0 Å². The molecule has 45 heavy (non-hydrogen) atoms. The summed E-state index contributed by atoms with van der Waals surface area (Å²) in [7, 11) is 0. The van der Waals surface area contributed by atoms with Crippen LogP contribution in [0.5, 0.6) is 0 Å². The molecular formula is C44H26O. The van der Waals surface area contributed by atoms with Crippen LogP contribution in [-0.2, 0) is 0 Å². The van der Waals surface area contributed by atoms with Crippen molar-refractivity contribution in [1.29, 1.82) is 0 Å².